The second-order valence-electron chi connectivity index (χ2n) is 6.53. The van der Waals surface area contributed by atoms with Crippen molar-refractivity contribution in [1.82, 2.24) is 5.43 Å². The van der Waals surface area contributed by atoms with Gasteiger partial charge in [0.2, 0.25) is 0 Å². The number of aromatic hydroxyl groups is 1. The monoisotopic (exact) mass is 386 g/mol. The lowest BCUT2D eigenvalue weighted by Crippen LogP contribution is -2.17. The molecule has 0 saturated heterocycles. The molecule has 2 N–H and O–H groups in total. The molecule has 0 aliphatic carbocycles. The van der Waals surface area contributed by atoms with Crippen LogP contribution in [0.5, 0.6) is 23.0 Å². The summed E-state index contributed by atoms with van der Waals surface area (Å²) >= 11 is 0. The highest BCUT2D eigenvalue weighted by molar-refractivity contribution is 5.95. The summed E-state index contributed by atoms with van der Waals surface area (Å²) in [4.78, 5) is 12.3. The molecule has 7 heteroatoms. The molecule has 0 heterocycles. The lowest BCUT2D eigenvalue weighted by molar-refractivity contribution is 0.0954. The zero-order valence-corrected chi connectivity index (χ0v) is 16.6. The van der Waals surface area contributed by atoms with Gasteiger partial charge in [-0.3, -0.25) is 4.79 Å². The van der Waals surface area contributed by atoms with E-state index in [4.69, 9.17) is 14.2 Å². The second-order valence-corrected chi connectivity index (χ2v) is 6.53. The van der Waals surface area contributed by atoms with Gasteiger partial charge >= 0.3 is 0 Å². The Labute approximate surface area is 164 Å². The number of ether oxygens (including phenoxy) is 3. The molecule has 0 saturated carbocycles. The standard InChI is InChI=1S/C21H26N2O5/c1-14(2)9-10-28-19-8-6-16(12-20(19)27-4)21(25)23-22-13-15-5-7-18(26-3)17(24)11-15/h5-8,11-14,24H,9-10H2,1-4H3,(H,23,25)/b22-13+. The minimum Gasteiger partial charge on any atom is -0.504 e. The van der Waals surface area contributed by atoms with Crippen molar-refractivity contribution in [2.24, 2.45) is 11.0 Å². The lowest BCUT2D eigenvalue weighted by atomic mass is 10.1. The summed E-state index contributed by atoms with van der Waals surface area (Å²) < 4.78 is 16.0. The number of nitrogens with zero attached hydrogens (tertiary/aromatic N) is 1. The number of nitrogens with one attached hydrogen (secondary N) is 1. The number of hydrogen-bond donors (Lipinski definition) is 2. The summed E-state index contributed by atoms with van der Waals surface area (Å²) in [6.45, 7) is 4.84. The average Bonchev–Trinajstić information content (AvgIpc) is 2.68. The van der Waals surface area contributed by atoms with E-state index in [0.29, 0.717) is 40.9 Å². The number of rotatable bonds is 9. The van der Waals surface area contributed by atoms with Gasteiger partial charge in [0.15, 0.2) is 23.0 Å². The number of benzene rings is 2. The van der Waals surface area contributed by atoms with Gasteiger partial charge < -0.3 is 19.3 Å². The van der Waals surface area contributed by atoms with Crippen LogP contribution in [-0.2, 0) is 0 Å². The van der Waals surface area contributed by atoms with E-state index in [1.807, 2.05) is 0 Å². The number of methoxy groups -OCH3 is 2. The fourth-order valence-corrected chi connectivity index (χ4v) is 2.35. The highest BCUT2D eigenvalue weighted by Gasteiger charge is 2.11. The van der Waals surface area contributed by atoms with E-state index in [9.17, 15) is 9.90 Å². The highest BCUT2D eigenvalue weighted by Crippen LogP contribution is 2.28. The Morgan fingerprint density at radius 2 is 1.82 bits per heavy atom. The van der Waals surface area contributed by atoms with E-state index in [1.165, 1.54) is 26.5 Å². The quantitative estimate of drug-likeness (QED) is 0.508. The Morgan fingerprint density at radius 3 is 2.46 bits per heavy atom. The predicted molar refractivity (Wildman–Crippen MR) is 108 cm³/mol. The molecule has 0 radical (unpaired) electrons. The van der Waals surface area contributed by atoms with Gasteiger partial charge in [-0.1, -0.05) is 13.8 Å². The van der Waals surface area contributed by atoms with E-state index in [1.54, 1.807) is 30.3 Å². The summed E-state index contributed by atoms with van der Waals surface area (Å²) in [7, 11) is 3.00. The Balaban J connectivity index is 2.00. The number of phenolic OH excluding ortho intramolecular Hbond substituents is 1. The number of carbonyl (C=O) groups excluding carboxylic acids is 1. The van der Waals surface area contributed by atoms with Crippen molar-refractivity contribution in [2.45, 2.75) is 20.3 Å². The smallest absolute Gasteiger partial charge is 0.271 e. The van der Waals surface area contributed by atoms with Gasteiger partial charge in [0.05, 0.1) is 27.0 Å². The molecule has 2 aromatic rings. The maximum absolute atomic E-state index is 12.3. The average molecular weight is 386 g/mol. The molecule has 0 bridgehead atoms. The first-order chi connectivity index (χ1) is 13.4. The largest absolute Gasteiger partial charge is 0.504 e. The van der Waals surface area contributed by atoms with Crippen LogP contribution < -0.4 is 19.6 Å². The van der Waals surface area contributed by atoms with E-state index in [0.717, 1.165) is 6.42 Å². The zero-order chi connectivity index (χ0) is 20.5. The number of amides is 1. The summed E-state index contributed by atoms with van der Waals surface area (Å²) in [5.74, 6) is 1.60. The minimum atomic E-state index is -0.388. The van der Waals surface area contributed by atoms with Gasteiger partial charge in [0.25, 0.3) is 5.91 Å². The van der Waals surface area contributed by atoms with Crippen molar-refractivity contribution >= 4 is 12.1 Å². The van der Waals surface area contributed by atoms with E-state index < -0.39 is 0 Å². The Morgan fingerprint density at radius 1 is 1.11 bits per heavy atom. The van der Waals surface area contributed by atoms with Crippen molar-refractivity contribution < 1.29 is 24.1 Å². The van der Waals surface area contributed by atoms with E-state index >= 15 is 0 Å². The maximum atomic E-state index is 12.3. The Hall–Kier alpha value is -3.22. The summed E-state index contributed by atoms with van der Waals surface area (Å²) in [5.41, 5.74) is 3.45. The molecule has 0 unspecified atom stereocenters. The topological polar surface area (TPSA) is 89.4 Å². The molecular weight excluding hydrogens is 360 g/mol. The van der Waals surface area contributed by atoms with Crippen LogP contribution in [0, 0.1) is 5.92 Å². The van der Waals surface area contributed by atoms with Crippen molar-refractivity contribution in [3.8, 4) is 23.0 Å². The van der Waals surface area contributed by atoms with Crippen molar-refractivity contribution in [3.05, 3.63) is 47.5 Å². The summed E-state index contributed by atoms with van der Waals surface area (Å²) in [6.07, 6.45) is 2.36. The van der Waals surface area contributed by atoms with Gasteiger partial charge in [-0.15, -0.1) is 0 Å². The molecule has 0 atom stereocenters. The van der Waals surface area contributed by atoms with Crippen LogP contribution in [0.2, 0.25) is 0 Å². The molecule has 7 nitrogen and oxygen atoms in total. The SMILES string of the molecule is COc1ccc(/C=N/NC(=O)c2ccc(OCCC(C)C)c(OC)c2)cc1O. The van der Waals surface area contributed by atoms with Gasteiger partial charge in [-0.2, -0.15) is 5.10 Å². The van der Waals surface area contributed by atoms with Crippen molar-refractivity contribution in [3.63, 3.8) is 0 Å². The van der Waals surface area contributed by atoms with Gasteiger partial charge in [0.1, 0.15) is 0 Å². The summed E-state index contributed by atoms with van der Waals surface area (Å²) in [5, 5.41) is 13.7. The minimum absolute atomic E-state index is 0.00410. The van der Waals surface area contributed by atoms with Crippen molar-refractivity contribution in [2.75, 3.05) is 20.8 Å². The molecule has 150 valence electrons. The summed E-state index contributed by atoms with van der Waals surface area (Å²) in [6, 6.07) is 9.77. The predicted octanol–water partition coefficient (Wildman–Crippen LogP) is 3.60. The molecule has 1 amide bonds. The molecule has 0 fully saturated rings. The lowest BCUT2D eigenvalue weighted by Gasteiger charge is -2.12. The molecule has 0 aliphatic heterocycles. The second kappa shape index (κ2) is 10.2. The van der Waals surface area contributed by atoms with E-state index in [-0.39, 0.29) is 11.7 Å². The molecule has 0 spiro atoms. The fourth-order valence-electron chi connectivity index (χ4n) is 2.35. The molecule has 0 aliphatic rings. The first-order valence-electron chi connectivity index (χ1n) is 8.95. The fraction of sp³-hybridized carbons (Fsp3) is 0.333. The van der Waals surface area contributed by atoms with Gasteiger partial charge in [0, 0.05) is 5.56 Å². The molecular formula is C21H26N2O5. The number of carbonyl (C=O) groups is 1. The van der Waals surface area contributed by atoms with Crippen LogP contribution in [0.15, 0.2) is 41.5 Å². The Bertz CT molecular complexity index is 834. The third kappa shape index (κ3) is 5.90. The van der Waals surface area contributed by atoms with Crippen LogP contribution in [0.4, 0.5) is 0 Å². The van der Waals surface area contributed by atoms with Crippen molar-refractivity contribution in [1.29, 1.82) is 0 Å². The Kier molecular flexibility index (Phi) is 7.68. The number of hydrogen-bond acceptors (Lipinski definition) is 6. The first kappa shape index (κ1) is 21.1. The first-order valence-corrected chi connectivity index (χ1v) is 8.95. The maximum Gasteiger partial charge on any atom is 0.271 e. The van der Waals surface area contributed by atoms with Crippen LogP contribution >= 0.6 is 0 Å². The zero-order valence-electron chi connectivity index (χ0n) is 16.6. The molecule has 2 rings (SSSR count). The normalized spacial score (nSPS) is 10.9. The third-order valence-electron chi connectivity index (χ3n) is 3.96. The number of phenols is 1. The molecule has 0 aromatic heterocycles. The number of hydrazone groups is 1. The van der Waals surface area contributed by atoms with Crippen LogP contribution in [0.1, 0.15) is 36.2 Å². The molecule has 28 heavy (non-hydrogen) atoms. The highest BCUT2D eigenvalue weighted by atomic mass is 16.5. The third-order valence-corrected chi connectivity index (χ3v) is 3.96. The van der Waals surface area contributed by atoms with Gasteiger partial charge in [-0.25, -0.2) is 5.43 Å². The van der Waals surface area contributed by atoms with Crippen LogP contribution in [-0.4, -0.2) is 38.1 Å². The van der Waals surface area contributed by atoms with Crippen LogP contribution in [0.3, 0.4) is 0 Å². The van der Waals surface area contributed by atoms with Crippen LogP contribution in [0.25, 0.3) is 0 Å². The molecule has 2 aromatic carbocycles. The van der Waals surface area contributed by atoms with Gasteiger partial charge in [-0.05, 0) is 54.3 Å². The van der Waals surface area contributed by atoms with E-state index in [2.05, 4.69) is 24.4 Å².